The second-order valence-corrected chi connectivity index (χ2v) is 4.92. The predicted molar refractivity (Wildman–Crippen MR) is 81.3 cm³/mol. The molecule has 0 aliphatic rings. The minimum Gasteiger partial charge on any atom is -0.396 e. The number of pyridine rings is 1. The standard InChI is InChI=1S/C14H17ClN4/c1-9(10-4-3-5-11(15)8-10)19(2)13-7-6-12(16)14(17)18-13/h3-9H,16H2,1-2H3,(H2,17,18). The number of nitrogens with two attached hydrogens (primary N) is 2. The van der Waals surface area contributed by atoms with Crippen LogP contribution in [0.1, 0.15) is 18.5 Å². The van der Waals surface area contributed by atoms with E-state index in [4.69, 9.17) is 23.1 Å². The molecular formula is C14H17ClN4. The van der Waals surface area contributed by atoms with Gasteiger partial charge in [-0.2, -0.15) is 0 Å². The Morgan fingerprint density at radius 2 is 1.95 bits per heavy atom. The van der Waals surface area contributed by atoms with Crippen LogP contribution in [0.5, 0.6) is 0 Å². The molecule has 1 aromatic carbocycles. The highest BCUT2D eigenvalue weighted by atomic mass is 35.5. The van der Waals surface area contributed by atoms with Crippen LogP contribution < -0.4 is 16.4 Å². The maximum Gasteiger partial charge on any atom is 0.149 e. The summed E-state index contributed by atoms with van der Waals surface area (Å²) in [7, 11) is 1.96. The zero-order chi connectivity index (χ0) is 14.0. The average Bonchev–Trinajstić information content (AvgIpc) is 2.40. The number of halogens is 1. The molecule has 0 saturated carbocycles. The molecule has 100 valence electrons. The van der Waals surface area contributed by atoms with Crippen molar-refractivity contribution in [3.05, 3.63) is 47.0 Å². The predicted octanol–water partition coefficient (Wildman–Crippen LogP) is 3.10. The lowest BCUT2D eigenvalue weighted by Gasteiger charge is -2.26. The Bertz CT molecular complexity index is 585. The number of hydrogen-bond donors (Lipinski definition) is 2. The first kappa shape index (κ1) is 13.5. The molecule has 4 nitrogen and oxygen atoms in total. The molecule has 1 atom stereocenters. The maximum absolute atomic E-state index is 6.01. The van der Waals surface area contributed by atoms with Gasteiger partial charge in [-0.05, 0) is 36.8 Å². The van der Waals surface area contributed by atoms with E-state index in [-0.39, 0.29) is 6.04 Å². The molecule has 0 bridgehead atoms. The SMILES string of the molecule is CC(c1cccc(Cl)c1)N(C)c1ccc(N)c(N)n1. The first-order valence-corrected chi connectivity index (χ1v) is 6.37. The molecule has 1 aromatic heterocycles. The van der Waals surface area contributed by atoms with Crippen molar-refractivity contribution in [1.82, 2.24) is 4.98 Å². The van der Waals surface area contributed by atoms with Gasteiger partial charge in [0, 0.05) is 12.1 Å². The van der Waals surface area contributed by atoms with Crippen LogP contribution in [0.4, 0.5) is 17.3 Å². The Hall–Kier alpha value is -1.94. The smallest absolute Gasteiger partial charge is 0.149 e. The van der Waals surface area contributed by atoms with Gasteiger partial charge in [-0.3, -0.25) is 0 Å². The molecule has 4 N–H and O–H groups in total. The molecule has 1 unspecified atom stereocenters. The first-order chi connectivity index (χ1) is 8.99. The lowest BCUT2D eigenvalue weighted by molar-refractivity contribution is 0.729. The molecule has 19 heavy (non-hydrogen) atoms. The molecule has 0 spiro atoms. The van der Waals surface area contributed by atoms with E-state index in [2.05, 4.69) is 11.9 Å². The number of nitrogens with zero attached hydrogens (tertiary/aromatic N) is 2. The van der Waals surface area contributed by atoms with Gasteiger partial charge in [0.15, 0.2) is 0 Å². The van der Waals surface area contributed by atoms with E-state index in [1.807, 2.05) is 42.3 Å². The number of rotatable bonds is 3. The fraction of sp³-hybridized carbons (Fsp3) is 0.214. The van der Waals surface area contributed by atoms with E-state index in [0.29, 0.717) is 11.5 Å². The van der Waals surface area contributed by atoms with Gasteiger partial charge in [-0.25, -0.2) is 4.98 Å². The Labute approximate surface area is 118 Å². The molecule has 0 aliphatic heterocycles. The van der Waals surface area contributed by atoms with Crippen molar-refractivity contribution < 1.29 is 0 Å². The van der Waals surface area contributed by atoms with E-state index in [9.17, 15) is 0 Å². The molecule has 0 fully saturated rings. The van der Waals surface area contributed by atoms with Crippen molar-refractivity contribution in [2.24, 2.45) is 0 Å². The quantitative estimate of drug-likeness (QED) is 0.904. The normalized spacial score (nSPS) is 12.2. The Kier molecular flexibility index (Phi) is 3.81. The molecule has 5 heteroatoms. The highest BCUT2D eigenvalue weighted by Crippen LogP contribution is 2.27. The van der Waals surface area contributed by atoms with Gasteiger partial charge in [-0.15, -0.1) is 0 Å². The molecular weight excluding hydrogens is 260 g/mol. The number of benzene rings is 1. The molecule has 0 aliphatic carbocycles. The number of hydrogen-bond acceptors (Lipinski definition) is 4. The highest BCUT2D eigenvalue weighted by Gasteiger charge is 2.14. The van der Waals surface area contributed by atoms with Crippen LogP contribution in [0.2, 0.25) is 5.02 Å². The zero-order valence-electron chi connectivity index (χ0n) is 11.0. The van der Waals surface area contributed by atoms with Crippen LogP contribution in [0.15, 0.2) is 36.4 Å². The van der Waals surface area contributed by atoms with E-state index < -0.39 is 0 Å². The summed E-state index contributed by atoms with van der Waals surface area (Å²) >= 11 is 6.01. The third-order valence-electron chi connectivity index (χ3n) is 3.22. The zero-order valence-corrected chi connectivity index (χ0v) is 11.7. The molecule has 0 saturated heterocycles. The van der Waals surface area contributed by atoms with Crippen molar-refractivity contribution in [2.45, 2.75) is 13.0 Å². The van der Waals surface area contributed by atoms with Gasteiger partial charge < -0.3 is 16.4 Å². The van der Waals surface area contributed by atoms with Crippen LogP contribution >= 0.6 is 11.6 Å². The van der Waals surface area contributed by atoms with Crippen molar-refractivity contribution in [3.8, 4) is 0 Å². The minimum atomic E-state index is 0.134. The van der Waals surface area contributed by atoms with Crippen molar-refractivity contribution in [2.75, 3.05) is 23.4 Å². The molecule has 0 amide bonds. The van der Waals surface area contributed by atoms with Gasteiger partial charge >= 0.3 is 0 Å². The summed E-state index contributed by atoms with van der Waals surface area (Å²) in [6.07, 6.45) is 0. The molecule has 2 rings (SSSR count). The first-order valence-electron chi connectivity index (χ1n) is 5.99. The van der Waals surface area contributed by atoms with Crippen molar-refractivity contribution >= 4 is 28.9 Å². The van der Waals surface area contributed by atoms with Crippen LogP contribution in [0, 0.1) is 0 Å². The molecule has 0 radical (unpaired) electrons. The lowest BCUT2D eigenvalue weighted by Crippen LogP contribution is -2.23. The van der Waals surface area contributed by atoms with E-state index in [1.165, 1.54) is 0 Å². The van der Waals surface area contributed by atoms with Gasteiger partial charge in [0.25, 0.3) is 0 Å². The van der Waals surface area contributed by atoms with Crippen molar-refractivity contribution in [1.29, 1.82) is 0 Å². The lowest BCUT2D eigenvalue weighted by atomic mass is 10.1. The van der Waals surface area contributed by atoms with Crippen LogP contribution in [0.25, 0.3) is 0 Å². The fourth-order valence-electron chi connectivity index (χ4n) is 1.86. The van der Waals surface area contributed by atoms with Gasteiger partial charge in [0.1, 0.15) is 11.6 Å². The van der Waals surface area contributed by atoms with E-state index in [1.54, 1.807) is 6.07 Å². The second-order valence-electron chi connectivity index (χ2n) is 4.49. The monoisotopic (exact) mass is 276 g/mol. The average molecular weight is 277 g/mol. The Morgan fingerprint density at radius 3 is 2.58 bits per heavy atom. The van der Waals surface area contributed by atoms with Gasteiger partial charge in [0.2, 0.25) is 0 Å². The number of nitrogen functional groups attached to an aromatic ring is 2. The summed E-state index contributed by atoms with van der Waals surface area (Å²) < 4.78 is 0. The second kappa shape index (κ2) is 5.36. The summed E-state index contributed by atoms with van der Waals surface area (Å²) in [6, 6.07) is 11.5. The summed E-state index contributed by atoms with van der Waals surface area (Å²) in [5, 5.41) is 0.725. The Morgan fingerprint density at radius 1 is 1.21 bits per heavy atom. The largest absolute Gasteiger partial charge is 0.396 e. The van der Waals surface area contributed by atoms with Crippen molar-refractivity contribution in [3.63, 3.8) is 0 Å². The molecule has 2 aromatic rings. The maximum atomic E-state index is 6.01. The number of aromatic nitrogens is 1. The summed E-state index contributed by atoms with van der Waals surface area (Å²) in [4.78, 5) is 6.32. The third-order valence-corrected chi connectivity index (χ3v) is 3.45. The summed E-state index contributed by atoms with van der Waals surface area (Å²) in [5.41, 5.74) is 13.0. The summed E-state index contributed by atoms with van der Waals surface area (Å²) in [5.74, 6) is 1.13. The minimum absolute atomic E-state index is 0.134. The third kappa shape index (κ3) is 2.90. The Balaban J connectivity index is 2.27. The van der Waals surface area contributed by atoms with Crippen LogP contribution in [0.3, 0.4) is 0 Å². The molecule has 1 heterocycles. The van der Waals surface area contributed by atoms with Gasteiger partial charge in [0.05, 0.1) is 11.7 Å². The van der Waals surface area contributed by atoms with E-state index >= 15 is 0 Å². The van der Waals surface area contributed by atoms with Crippen LogP contribution in [-0.2, 0) is 0 Å². The summed E-state index contributed by atoms with van der Waals surface area (Å²) in [6.45, 7) is 2.08. The fourth-order valence-corrected chi connectivity index (χ4v) is 2.06. The highest BCUT2D eigenvalue weighted by molar-refractivity contribution is 6.30. The topological polar surface area (TPSA) is 68.2 Å². The number of anilines is 3. The van der Waals surface area contributed by atoms with Gasteiger partial charge in [-0.1, -0.05) is 23.7 Å². The van der Waals surface area contributed by atoms with E-state index in [0.717, 1.165) is 16.4 Å². The van der Waals surface area contributed by atoms with Crippen LogP contribution in [-0.4, -0.2) is 12.0 Å².